The first-order chi connectivity index (χ1) is 9.84. The van der Waals surface area contributed by atoms with Crippen LogP contribution in [0.1, 0.15) is 25.6 Å². The Balaban J connectivity index is 2.21. The predicted octanol–water partition coefficient (Wildman–Crippen LogP) is 2.32. The lowest BCUT2D eigenvalue weighted by atomic mass is 9.94. The van der Waals surface area contributed by atoms with Gasteiger partial charge in [0.1, 0.15) is 22.7 Å². The minimum atomic E-state index is -0.168. The highest BCUT2D eigenvalue weighted by molar-refractivity contribution is 7.18. The lowest BCUT2D eigenvalue weighted by Gasteiger charge is -2.14. The Morgan fingerprint density at radius 1 is 1.24 bits per heavy atom. The fourth-order valence-electron chi connectivity index (χ4n) is 1.92. The molecule has 0 atom stereocenters. The van der Waals surface area contributed by atoms with Crippen molar-refractivity contribution >= 4 is 27.4 Å². The zero-order valence-corrected chi connectivity index (χ0v) is 12.8. The van der Waals surface area contributed by atoms with Gasteiger partial charge in [-0.25, -0.2) is 15.0 Å². The second-order valence-electron chi connectivity index (χ2n) is 5.82. The Labute approximate surface area is 125 Å². The maximum Gasteiger partial charge on any atom is 0.259 e. The molecule has 0 fully saturated rings. The van der Waals surface area contributed by atoms with Crippen molar-refractivity contribution in [2.24, 2.45) is 0 Å². The van der Waals surface area contributed by atoms with Gasteiger partial charge >= 0.3 is 0 Å². The Hall–Kier alpha value is -2.28. The first-order valence-electron chi connectivity index (χ1n) is 6.47. The van der Waals surface area contributed by atoms with Gasteiger partial charge in [0.25, 0.3) is 5.56 Å². The first kappa shape index (κ1) is 13.7. The van der Waals surface area contributed by atoms with E-state index in [-0.39, 0.29) is 11.0 Å². The van der Waals surface area contributed by atoms with Gasteiger partial charge in [-0.3, -0.25) is 4.79 Å². The summed E-state index contributed by atoms with van der Waals surface area (Å²) in [6.45, 7) is 6.33. The molecule has 0 bridgehead atoms. The van der Waals surface area contributed by atoms with Crippen LogP contribution in [-0.4, -0.2) is 19.9 Å². The molecule has 0 radical (unpaired) electrons. The number of nitrogens with one attached hydrogen (secondary N) is 1. The van der Waals surface area contributed by atoms with Crippen LogP contribution in [0.15, 0.2) is 23.3 Å². The van der Waals surface area contributed by atoms with Crippen molar-refractivity contribution in [3.05, 3.63) is 33.7 Å². The van der Waals surface area contributed by atoms with E-state index in [1.165, 1.54) is 17.7 Å². The number of hydrogen-bond donors (Lipinski definition) is 2. The summed E-state index contributed by atoms with van der Waals surface area (Å²) in [7, 11) is 0. The monoisotopic (exact) mass is 301 g/mol. The van der Waals surface area contributed by atoms with Crippen LogP contribution in [0.4, 0.5) is 5.82 Å². The standard InChI is InChI=1S/C14H15N5OS/c1-14(2,3)9-4-7-12(20)18-11(19-13(7)21-9)8-5-10(15)17-6-16-8/h4-6H,1-3H3,(H2,15,16,17)(H,18,19,20). The van der Waals surface area contributed by atoms with E-state index in [1.54, 1.807) is 6.07 Å². The van der Waals surface area contributed by atoms with Crippen molar-refractivity contribution in [2.45, 2.75) is 26.2 Å². The van der Waals surface area contributed by atoms with E-state index in [1.807, 2.05) is 6.07 Å². The molecular formula is C14H15N5OS. The van der Waals surface area contributed by atoms with Crippen molar-refractivity contribution in [1.29, 1.82) is 0 Å². The van der Waals surface area contributed by atoms with Crippen LogP contribution in [0.3, 0.4) is 0 Å². The first-order valence-corrected chi connectivity index (χ1v) is 7.28. The summed E-state index contributed by atoms with van der Waals surface area (Å²) in [6.07, 6.45) is 1.35. The molecule has 0 saturated carbocycles. The summed E-state index contributed by atoms with van der Waals surface area (Å²) in [6, 6.07) is 3.49. The number of anilines is 1. The van der Waals surface area contributed by atoms with E-state index in [4.69, 9.17) is 5.73 Å². The van der Waals surface area contributed by atoms with Gasteiger partial charge in [0.2, 0.25) is 0 Å². The van der Waals surface area contributed by atoms with Gasteiger partial charge in [0.05, 0.1) is 5.39 Å². The normalized spacial score (nSPS) is 12.0. The molecule has 3 aromatic rings. The van der Waals surface area contributed by atoms with Gasteiger partial charge in [-0.2, -0.15) is 0 Å². The number of fused-ring (bicyclic) bond motifs is 1. The molecule has 0 aliphatic carbocycles. The minimum absolute atomic E-state index is 0.0166. The molecule has 0 amide bonds. The Bertz CT molecular complexity index is 875. The quantitative estimate of drug-likeness (QED) is 0.719. The molecule has 21 heavy (non-hydrogen) atoms. The summed E-state index contributed by atoms with van der Waals surface area (Å²) in [4.78, 5) is 29.2. The highest BCUT2D eigenvalue weighted by Gasteiger charge is 2.19. The van der Waals surface area contributed by atoms with E-state index >= 15 is 0 Å². The fraction of sp³-hybridized carbons (Fsp3) is 0.286. The molecule has 3 rings (SSSR count). The molecule has 0 saturated heterocycles. The van der Waals surface area contributed by atoms with Crippen molar-refractivity contribution < 1.29 is 0 Å². The van der Waals surface area contributed by atoms with Gasteiger partial charge < -0.3 is 10.7 Å². The minimum Gasteiger partial charge on any atom is -0.384 e. The number of nitrogen functional groups attached to an aromatic ring is 1. The van der Waals surface area contributed by atoms with E-state index in [0.29, 0.717) is 27.6 Å². The summed E-state index contributed by atoms with van der Waals surface area (Å²) in [5.41, 5.74) is 5.96. The van der Waals surface area contributed by atoms with E-state index in [2.05, 4.69) is 40.7 Å². The van der Waals surface area contributed by atoms with E-state index in [9.17, 15) is 4.79 Å². The summed E-state index contributed by atoms with van der Waals surface area (Å²) in [5, 5.41) is 0.607. The van der Waals surface area contributed by atoms with Gasteiger partial charge in [-0.1, -0.05) is 20.8 Å². The second-order valence-corrected chi connectivity index (χ2v) is 6.85. The third-order valence-corrected chi connectivity index (χ3v) is 4.53. The molecule has 0 aromatic carbocycles. The highest BCUT2D eigenvalue weighted by Crippen LogP contribution is 2.32. The van der Waals surface area contributed by atoms with Crippen LogP contribution in [-0.2, 0) is 5.41 Å². The van der Waals surface area contributed by atoms with E-state index < -0.39 is 0 Å². The maximum atomic E-state index is 12.2. The number of nitrogens with two attached hydrogens (primary N) is 1. The van der Waals surface area contributed by atoms with Crippen LogP contribution in [0.5, 0.6) is 0 Å². The van der Waals surface area contributed by atoms with Crippen LogP contribution >= 0.6 is 11.3 Å². The predicted molar refractivity (Wildman–Crippen MR) is 84.4 cm³/mol. The molecule has 7 heteroatoms. The number of thiophene rings is 1. The lowest BCUT2D eigenvalue weighted by Crippen LogP contribution is -2.10. The van der Waals surface area contributed by atoms with E-state index in [0.717, 1.165) is 4.88 Å². The summed E-state index contributed by atoms with van der Waals surface area (Å²) < 4.78 is 0. The summed E-state index contributed by atoms with van der Waals surface area (Å²) in [5.74, 6) is 0.744. The van der Waals surface area contributed by atoms with Crippen molar-refractivity contribution in [1.82, 2.24) is 19.9 Å². The number of nitrogens with zero attached hydrogens (tertiary/aromatic N) is 3. The molecule has 3 heterocycles. The van der Waals surface area contributed by atoms with Gasteiger partial charge in [0.15, 0.2) is 5.82 Å². The molecule has 108 valence electrons. The average molecular weight is 301 g/mol. The Kier molecular flexibility index (Phi) is 3.02. The summed E-state index contributed by atoms with van der Waals surface area (Å²) >= 11 is 1.53. The number of hydrogen-bond acceptors (Lipinski definition) is 6. The molecule has 3 aromatic heterocycles. The zero-order valence-electron chi connectivity index (χ0n) is 12.0. The topological polar surface area (TPSA) is 97.5 Å². The maximum absolute atomic E-state index is 12.2. The second kappa shape index (κ2) is 4.63. The third-order valence-electron chi connectivity index (χ3n) is 3.07. The fourth-order valence-corrected chi connectivity index (χ4v) is 3.01. The number of rotatable bonds is 1. The third kappa shape index (κ3) is 2.52. The van der Waals surface area contributed by atoms with Gasteiger partial charge in [0, 0.05) is 10.9 Å². The lowest BCUT2D eigenvalue weighted by molar-refractivity contribution is 0.604. The number of aromatic nitrogens is 4. The van der Waals surface area contributed by atoms with Crippen LogP contribution < -0.4 is 11.3 Å². The van der Waals surface area contributed by atoms with Crippen molar-refractivity contribution in [3.63, 3.8) is 0 Å². The Morgan fingerprint density at radius 3 is 2.67 bits per heavy atom. The van der Waals surface area contributed by atoms with Crippen LogP contribution in [0.25, 0.3) is 21.7 Å². The van der Waals surface area contributed by atoms with Crippen LogP contribution in [0.2, 0.25) is 0 Å². The zero-order chi connectivity index (χ0) is 15.2. The van der Waals surface area contributed by atoms with Crippen molar-refractivity contribution in [3.8, 4) is 11.5 Å². The average Bonchev–Trinajstić information content (AvgIpc) is 2.83. The molecule has 0 aliphatic heterocycles. The number of H-pyrrole nitrogens is 1. The molecular weight excluding hydrogens is 286 g/mol. The molecule has 3 N–H and O–H groups in total. The SMILES string of the molecule is CC(C)(C)c1cc2c(=O)[nH]c(-c3cc(N)ncn3)nc2s1. The van der Waals surface area contributed by atoms with Gasteiger partial charge in [-0.15, -0.1) is 11.3 Å². The largest absolute Gasteiger partial charge is 0.384 e. The Morgan fingerprint density at radius 2 is 2.00 bits per heavy atom. The smallest absolute Gasteiger partial charge is 0.259 e. The molecule has 0 unspecified atom stereocenters. The molecule has 0 aliphatic rings. The molecule has 0 spiro atoms. The van der Waals surface area contributed by atoms with Crippen LogP contribution in [0, 0.1) is 0 Å². The van der Waals surface area contributed by atoms with Crippen molar-refractivity contribution in [2.75, 3.05) is 5.73 Å². The highest BCUT2D eigenvalue weighted by atomic mass is 32.1. The molecule has 6 nitrogen and oxygen atoms in total. The number of aromatic amines is 1. The van der Waals surface area contributed by atoms with Gasteiger partial charge in [-0.05, 0) is 11.5 Å².